The maximum absolute atomic E-state index is 4.40. The van der Waals surface area contributed by atoms with Gasteiger partial charge < -0.3 is 5.32 Å². The SMILES string of the molecule is CC(C)(CCNC(C)(C)C)Cc1ccccn1. The molecule has 1 rings (SSSR count). The predicted molar refractivity (Wildman–Crippen MR) is 74.1 cm³/mol. The third-order valence-corrected chi connectivity index (χ3v) is 2.84. The van der Waals surface area contributed by atoms with E-state index in [4.69, 9.17) is 0 Å². The van der Waals surface area contributed by atoms with Crippen LogP contribution in [0.4, 0.5) is 0 Å². The lowest BCUT2D eigenvalue weighted by Gasteiger charge is -2.27. The van der Waals surface area contributed by atoms with Gasteiger partial charge in [0.25, 0.3) is 0 Å². The number of hydrogen-bond acceptors (Lipinski definition) is 2. The summed E-state index contributed by atoms with van der Waals surface area (Å²) in [5, 5.41) is 3.54. The Morgan fingerprint density at radius 3 is 2.35 bits per heavy atom. The number of pyridine rings is 1. The van der Waals surface area contributed by atoms with Crippen LogP contribution in [-0.4, -0.2) is 17.1 Å². The molecule has 0 atom stereocenters. The fourth-order valence-electron chi connectivity index (χ4n) is 1.86. The highest BCUT2D eigenvalue weighted by atomic mass is 14.9. The molecule has 1 heterocycles. The molecule has 17 heavy (non-hydrogen) atoms. The minimum atomic E-state index is 0.209. The highest BCUT2D eigenvalue weighted by molar-refractivity contribution is 5.05. The van der Waals surface area contributed by atoms with Crippen LogP contribution in [0.1, 0.15) is 46.7 Å². The van der Waals surface area contributed by atoms with E-state index in [0.29, 0.717) is 5.41 Å². The Labute approximate surface area is 106 Å². The summed E-state index contributed by atoms with van der Waals surface area (Å²) in [6.07, 6.45) is 4.08. The van der Waals surface area contributed by atoms with Crippen molar-refractivity contribution in [1.82, 2.24) is 10.3 Å². The van der Waals surface area contributed by atoms with E-state index in [-0.39, 0.29) is 5.54 Å². The molecule has 96 valence electrons. The largest absolute Gasteiger partial charge is 0.312 e. The van der Waals surface area contributed by atoms with Gasteiger partial charge in [-0.3, -0.25) is 4.98 Å². The first kappa shape index (κ1) is 14.2. The minimum Gasteiger partial charge on any atom is -0.312 e. The molecule has 1 aromatic rings. The van der Waals surface area contributed by atoms with Crippen LogP contribution in [0.2, 0.25) is 0 Å². The Morgan fingerprint density at radius 2 is 1.82 bits per heavy atom. The summed E-state index contributed by atoms with van der Waals surface area (Å²) >= 11 is 0. The zero-order chi connectivity index (χ0) is 12.9. The van der Waals surface area contributed by atoms with Gasteiger partial charge in [0.05, 0.1) is 0 Å². The molecule has 0 bridgehead atoms. The van der Waals surface area contributed by atoms with Crippen molar-refractivity contribution in [3.05, 3.63) is 30.1 Å². The van der Waals surface area contributed by atoms with Gasteiger partial charge in [0.1, 0.15) is 0 Å². The van der Waals surface area contributed by atoms with Crippen molar-refractivity contribution in [2.75, 3.05) is 6.54 Å². The highest BCUT2D eigenvalue weighted by Gasteiger charge is 2.20. The molecule has 0 saturated heterocycles. The monoisotopic (exact) mass is 234 g/mol. The van der Waals surface area contributed by atoms with Crippen LogP contribution in [0, 0.1) is 5.41 Å². The fourth-order valence-corrected chi connectivity index (χ4v) is 1.86. The van der Waals surface area contributed by atoms with Crippen molar-refractivity contribution in [2.45, 2.75) is 53.0 Å². The highest BCUT2D eigenvalue weighted by Crippen LogP contribution is 2.24. The molecular weight excluding hydrogens is 208 g/mol. The molecule has 0 unspecified atom stereocenters. The zero-order valence-electron chi connectivity index (χ0n) is 11.9. The lowest BCUT2D eigenvalue weighted by atomic mass is 9.84. The van der Waals surface area contributed by atoms with E-state index in [0.717, 1.165) is 13.0 Å². The van der Waals surface area contributed by atoms with Crippen LogP contribution >= 0.6 is 0 Å². The van der Waals surface area contributed by atoms with Crippen LogP contribution in [0.3, 0.4) is 0 Å². The molecule has 0 aromatic carbocycles. The molecule has 0 aliphatic heterocycles. The summed E-state index contributed by atoms with van der Waals surface area (Å²) in [4.78, 5) is 4.40. The average Bonchev–Trinajstić information content (AvgIpc) is 2.15. The Hall–Kier alpha value is -0.890. The summed E-state index contributed by atoms with van der Waals surface area (Å²) in [6, 6.07) is 6.14. The van der Waals surface area contributed by atoms with Crippen LogP contribution < -0.4 is 5.32 Å². The molecule has 2 nitrogen and oxygen atoms in total. The first-order valence-corrected chi connectivity index (χ1v) is 6.43. The van der Waals surface area contributed by atoms with Gasteiger partial charge in [-0.05, 0) is 57.7 Å². The van der Waals surface area contributed by atoms with Gasteiger partial charge in [-0.15, -0.1) is 0 Å². The molecule has 0 radical (unpaired) electrons. The molecular formula is C15H26N2. The van der Waals surface area contributed by atoms with E-state index in [2.05, 4.69) is 57.1 Å². The maximum Gasteiger partial charge on any atom is 0.0408 e. The second-order valence-corrected chi connectivity index (χ2v) is 6.59. The van der Waals surface area contributed by atoms with Crippen LogP contribution in [0.5, 0.6) is 0 Å². The van der Waals surface area contributed by atoms with E-state index < -0.39 is 0 Å². The van der Waals surface area contributed by atoms with Gasteiger partial charge in [-0.1, -0.05) is 19.9 Å². The molecule has 0 spiro atoms. The molecule has 0 saturated carbocycles. The van der Waals surface area contributed by atoms with Crippen molar-refractivity contribution in [3.63, 3.8) is 0 Å². The molecule has 0 aliphatic carbocycles. The molecule has 0 amide bonds. The van der Waals surface area contributed by atoms with Crippen LogP contribution in [0.15, 0.2) is 24.4 Å². The van der Waals surface area contributed by atoms with Gasteiger partial charge in [0, 0.05) is 17.4 Å². The molecule has 0 aliphatic rings. The minimum absolute atomic E-state index is 0.209. The summed E-state index contributed by atoms with van der Waals surface area (Å²) in [6.45, 7) is 12.3. The predicted octanol–water partition coefficient (Wildman–Crippen LogP) is 3.43. The summed E-state index contributed by atoms with van der Waals surface area (Å²) in [7, 11) is 0. The second-order valence-electron chi connectivity index (χ2n) is 6.59. The van der Waals surface area contributed by atoms with Crippen molar-refractivity contribution in [2.24, 2.45) is 5.41 Å². The first-order chi connectivity index (χ1) is 7.79. The van der Waals surface area contributed by atoms with Crippen molar-refractivity contribution in [1.29, 1.82) is 0 Å². The average molecular weight is 234 g/mol. The van der Waals surface area contributed by atoms with E-state index in [1.165, 1.54) is 12.1 Å². The molecule has 1 aromatic heterocycles. The Balaban J connectivity index is 2.41. The standard InChI is InChI=1S/C15H26N2/c1-14(2,3)17-11-9-15(4,5)12-13-8-6-7-10-16-13/h6-8,10,17H,9,11-12H2,1-5H3. The lowest BCUT2D eigenvalue weighted by molar-refractivity contribution is 0.300. The Morgan fingerprint density at radius 1 is 1.12 bits per heavy atom. The number of hydrogen-bond donors (Lipinski definition) is 1. The summed E-state index contributed by atoms with van der Waals surface area (Å²) in [5.41, 5.74) is 1.70. The third kappa shape index (κ3) is 6.42. The Bertz CT molecular complexity index is 323. The second kappa shape index (κ2) is 5.63. The van der Waals surface area contributed by atoms with Crippen LogP contribution in [-0.2, 0) is 6.42 Å². The van der Waals surface area contributed by atoms with E-state index in [9.17, 15) is 0 Å². The van der Waals surface area contributed by atoms with Gasteiger partial charge in [-0.25, -0.2) is 0 Å². The van der Waals surface area contributed by atoms with Crippen molar-refractivity contribution < 1.29 is 0 Å². The van der Waals surface area contributed by atoms with Gasteiger partial charge >= 0.3 is 0 Å². The summed E-state index contributed by atoms with van der Waals surface area (Å²) < 4.78 is 0. The van der Waals surface area contributed by atoms with Gasteiger partial charge in [-0.2, -0.15) is 0 Å². The lowest BCUT2D eigenvalue weighted by Crippen LogP contribution is -2.38. The first-order valence-electron chi connectivity index (χ1n) is 6.43. The van der Waals surface area contributed by atoms with Crippen LogP contribution in [0.25, 0.3) is 0 Å². The van der Waals surface area contributed by atoms with E-state index in [1.807, 2.05) is 12.3 Å². The smallest absolute Gasteiger partial charge is 0.0408 e. The van der Waals surface area contributed by atoms with Gasteiger partial charge in [0.15, 0.2) is 0 Å². The number of rotatable bonds is 5. The van der Waals surface area contributed by atoms with Crippen molar-refractivity contribution >= 4 is 0 Å². The van der Waals surface area contributed by atoms with E-state index >= 15 is 0 Å². The third-order valence-electron chi connectivity index (χ3n) is 2.84. The number of nitrogens with zero attached hydrogens (tertiary/aromatic N) is 1. The molecule has 1 N–H and O–H groups in total. The normalized spacial score (nSPS) is 12.8. The number of aromatic nitrogens is 1. The Kier molecular flexibility index (Phi) is 4.70. The topological polar surface area (TPSA) is 24.9 Å². The quantitative estimate of drug-likeness (QED) is 0.844. The summed E-state index contributed by atoms with van der Waals surface area (Å²) in [5.74, 6) is 0. The maximum atomic E-state index is 4.40. The molecule has 0 fully saturated rings. The fraction of sp³-hybridized carbons (Fsp3) is 0.667. The van der Waals surface area contributed by atoms with Gasteiger partial charge in [0.2, 0.25) is 0 Å². The van der Waals surface area contributed by atoms with Crippen molar-refractivity contribution in [3.8, 4) is 0 Å². The number of nitrogens with one attached hydrogen (secondary N) is 1. The molecule has 2 heteroatoms. The van der Waals surface area contributed by atoms with E-state index in [1.54, 1.807) is 0 Å². The zero-order valence-corrected chi connectivity index (χ0v) is 11.9.